The first-order chi connectivity index (χ1) is 19.4. The molecule has 0 aliphatic carbocycles. The molecule has 2 aromatic heterocycles. The Morgan fingerprint density at radius 2 is 2.00 bits per heavy atom. The van der Waals surface area contributed by atoms with Crippen molar-refractivity contribution in [1.29, 1.82) is 0 Å². The highest BCUT2D eigenvalue weighted by atomic mass is 16.5. The van der Waals surface area contributed by atoms with Crippen LogP contribution < -0.4 is 20.3 Å². The minimum absolute atomic E-state index is 0.0832. The fraction of sp³-hybridized carbons (Fsp3) is 0.448. The van der Waals surface area contributed by atoms with Crippen molar-refractivity contribution in [3.8, 4) is 17.2 Å². The van der Waals surface area contributed by atoms with E-state index in [1.807, 2.05) is 39.0 Å². The van der Waals surface area contributed by atoms with E-state index < -0.39 is 0 Å². The molecule has 2 aliphatic rings. The Balaban J connectivity index is 1.29. The average Bonchev–Trinajstić information content (AvgIpc) is 3.59. The van der Waals surface area contributed by atoms with Gasteiger partial charge in [-0.25, -0.2) is 9.78 Å². The highest BCUT2D eigenvalue weighted by Gasteiger charge is 2.24. The molecule has 11 heteroatoms. The first-order valence-electron chi connectivity index (χ1n) is 13.7. The number of anilines is 1. The summed E-state index contributed by atoms with van der Waals surface area (Å²) < 4.78 is 17.4. The molecular formula is C29H36N6O5. The molecule has 3 aromatic rings. The number of nitrogens with one attached hydrogen (secondary N) is 2. The number of nitrogens with zero attached hydrogens (tertiary/aromatic N) is 4. The zero-order valence-corrected chi connectivity index (χ0v) is 23.2. The minimum Gasteiger partial charge on any atom is -0.475 e. The van der Waals surface area contributed by atoms with E-state index in [9.17, 15) is 9.59 Å². The monoisotopic (exact) mass is 548 g/mol. The van der Waals surface area contributed by atoms with Crippen LogP contribution in [0.1, 0.15) is 41.2 Å². The molecule has 0 spiro atoms. The predicted molar refractivity (Wildman–Crippen MR) is 150 cm³/mol. The van der Waals surface area contributed by atoms with Crippen LogP contribution in [0.4, 0.5) is 10.6 Å². The topological polar surface area (TPSA) is 122 Å². The molecule has 11 nitrogen and oxygen atoms in total. The Morgan fingerprint density at radius 3 is 2.75 bits per heavy atom. The zero-order valence-electron chi connectivity index (χ0n) is 23.2. The number of rotatable bonds is 10. The van der Waals surface area contributed by atoms with Gasteiger partial charge in [-0.3, -0.25) is 14.6 Å². The SMILES string of the molecule is Cc1ccc(C(=O)NCCN2CCOCC2)cc1Cc1ncc(-c2cc(OC(C)C)nc(N3CCNC3=O)c2)o1. The van der Waals surface area contributed by atoms with Crippen LogP contribution in [0.5, 0.6) is 5.88 Å². The third-order valence-electron chi connectivity index (χ3n) is 6.89. The van der Waals surface area contributed by atoms with E-state index >= 15 is 0 Å². The molecule has 40 heavy (non-hydrogen) atoms. The van der Waals surface area contributed by atoms with Crippen molar-refractivity contribution in [2.24, 2.45) is 0 Å². The van der Waals surface area contributed by atoms with Crippen LogP contribution in [-0.2, 0) is 11.2 Å². The summed E-state index contributed by atoms with van der Waals surface area (Å²) in [6, 6.07) is 9.08. The second kappa shape index (κ2) is 12.5. The molecule has 0 bridgehead atoms. The number of amides is 3. The van der Waals surface area contributed by atoms with Crippen molar-refractivity contribution < 1.29 is 23.5 Å². The summed E-state index contributed by atoms with van der Waals surface area (Å²) >= 11 is 0. The van der Waals surface area contributed by atoms with E-state index in [1.165, 1.54) is 0 Å². The normalized spacial score (nSPS) is 15.9. The van der Waals surface area contributed by atoms with E-state index in [1.54, 1.807) is 23.2 Å². The van der Waals surface area contributed by atoms with Crippen LogP contribution in [0.2, 0.25) is 0 Å². The number of carbonyl (C=O) groups excluding carboxylic acids is 2. The first-order valence-corrected chi connectivity index (χ1v) is 13.7. The molecule has 1 aromatic carbocycles. The summed E-state index contributed by atoms with van der Waals surface area (Å²) in [7, 11) is 0. The quantitative estimate of drug-likeness (QED) is 0.397. The lowest BCUT2D eigenvalue weighted by Gasteiger charge is -2.26. The molecule has 3 amide bonds. The number of ether oxygens (including phenoxy) is 2. The van der Waals surface area contributed by atoms with Gasteiger partial charge in [0.2, 0.25) is 5.88 Å². The third kappa shape index (κ3) is 6.78. The van der Waals surface area contributed by atoms with Gasteiger partial charge in [-0.05, 0) is 50.1 Å². The van der Waals surface area contributed by atoms with Crippen molar-refractivity contribution in [2.45, 2.75) is 33.3 Å². The van der Waals surface area contributed by atoms with Crippen LogP contribution >= 0.6 is 0 Å². The van der Waals surface area contributed by atoms with Crippen LogP contribution in [0, 0.1) is 6.92 Å². The smallest absolute Gasteiger partial charge is 0.323 e. The number of carbonyl (C=O) groups is 2. The summed E-state index contributed by atoms with van der Waals surface area (Å²) in [5.41, 5.74) is 3.32. The lowest BCUT2D eigenvalue weighted by atomic mass is 10.0. The van der Waals surface area contributed by atoms with Gasteiger partial charge >= 0.3 is 6.03 Å². The van der Waals surface area contributed by atoms with Gasteiger partial charge in [0.1, 0.15) is 5.82 Å². The number of aryl methyl sites for hydroxylation is 1. The number of morpholine rings is 1. The molecule has 0 radical (unpaired) electrons. The van der Waals surface area contributed by atoms with E-state index in [2.05, 4.69) is 25.5 Å². The largest absolute Gasteiger partial charge is 0.475 e. The molecule has 2 saturated heterocycles. The molecule has 2 N–H and O–H groups in total. The van der Waals surface area contributed by atoms with Gasteiger partial charge < -0.3 is 24.5 Å². The van der Waals surface area contributed by atoms with E-state index in [0.717, 1.165) is 44.0 Å². The van der Waals surface area contributed by atoms with Crippen molar-refractivity contribution in [3.63, 3.8) is 0 Å². The Bertz CT molecular complexity index is 1350. The maximum absolute atomic E-state index is 12.8. The Kier molecular flexibility index (Phi) is 8.61. The van der Waals surface area contributed by atoms with E-state index in [-0.39, 0.29) is 18.0 Å². The first kappa shape index (κ1) is 27.6. The third-order valence-corrected chi connectivity index (χ3v) is 6.89. The molecular weight excluding hydrogens is 512 g/mol. The molecule has 5 rings (SSSR count). The molecule has 2 aliphatic heterocycles. The van der Waals surface area contributed by atoms with Gasteiger partial charge in [-0.1, -0.05) is 6.07 Å². The Morgan fingerprint density at radius 1 is 1.18 bits per heavy atom. The van der Waals surface area contributed by atoms with Crippen molar-refractivity contribution >= 4 is 17.8 Å². The maximum atomic E-state index is 12.8. The molecule has 2 fully saturated rings. The highest BCUT2D eigenvalue weighted by molar-refractivity contribution is 5.94. The van der Waals surface area contributed by atoms with Gasteiger partial charge in [0.05, 0.1) is 25.5 Å². The van der Waals surface area contributed by atoms with E-state index in [4.69, 9.17) is 13.9 Å². The second-order valence-electron chi connectivity index (χ2n) is 10.2. The number of benzene rings is 1. The van der Waals surface area contributed by atoms with Gasteiger partial charge in [-0.15, -0.1) is 0 Å². The van der Waals surface area contributed by atoms with Crippen LogP contribution in [0.3, 0.4) is 0 Å². The highest BCUT2D eigenvalue weighted by Crippen LogP contribution is 2.30. The summed E-state index contributed by atoms with van der Waals surface area (Å²) in [6.07, 6.45) is 2.01. The van der Waals surface area contributed by atoms with Crippen molar-refractivity contribution in [3.05, 3.63) is 59.1 Å². The Hall–Kier alpha value is -3.96. The summed E-state index contributed by atoms with van der Waals surface area (Å²) in [5.74, 6) is 1.86. The fourth-order valence-corrected chi connectivity index (χ4v) is 4.71. The molecule has 212 valence electrons. The summed E-state index contributed by atoms with van der Waals surface area (Å²) in [6.45, 7) is 11.6. The van der Waals surface area contributed by atoms with Gasteiger partial charge in [0.15, 0.2) is 11.7 Å². The minimum atomic E-state index is -0.195. The lowest BCUT2D eigenvalue weighted by molar-refractivity contribution is 0.0383. The number of aromatic nitrogens is 2. The van der Waals surface area contributed by atoms with Gasteiger partial charge in [-0.2, -0.15) is 4.98 Å². The van der Waals surface area contributed by atoms with Crippen molar-refractivity contribution in [1.82, 2.24) is 25.5 Å². The summed E-state index contributed by atoms with van der Waals surface area (Å²) in [4.78, 5) is 38.0. The van der Waals surface area contributed by atoms with Crippen molar-refractivity contribution in [2.75, 3.05) is 57.4 Å². The molecule has 0 unspecified atom stereocenters. The number of urea groups is 1. The number of pyridine rings is 1. The maximum Gasteiger partial charge on any atom is 0.323 e. The molecule has 4 heterocycles. The summed E-state index contributed by atoms with van der Waals surface area (Å²) in [5, 5.41) is 5.82. The number of oxazole rings is 1. The zero-order chi connectivity index (χ0) is 28.1. The van der Waals surface area contributed by atoms with Gasteiger partial charge in [0.25, 0.3) is 5.91 Å². The number of hydrogen-bond donors (Lipinski definition) is 2. The lowest BCUT2D eigenvalue weighted by Crippen LogP contribution is -2.41. The molecule has 0 saturated carbocycles. The fourth-order valence-electron chi connectivity index (χ4n) is 4.71. The van der Waals surface area contributed by atoms with Gasteiger partial charge in [0, 0.05) is 62.9 Å². The predicted octanol–water partition coefficient (Wildman–Crippen LogP) is 3.01. The number of hydrogen-bond acceptors (Lipinski definition) is 8. The standard InChI is InChI=1S/C29H36N6O5/c1-19(2)39-27-17-23(15-25(33-27)35-9-7-31-29(35)37)24-18-32-26(40-24)16-22-14-21(5-4-20(22)3)28(36)30-6-8-34-10-12-38-13-11-34/h4-5,14-15,17-19H,6-13,16H2,1-3H3,(H,30,36)(H,31,37). The average molecular weight is 549 g/mol. The Labute approximate surface area is 233 Å². The van der Waals surface area contributed by atoms with E-state index in [0.29, 0.717) is 60.5 Å². The van der Waals surface area contributed by atoms with Crippen LogP contribution in [0.15, 0.2) is 40.9 Å². The second-order valence-corrected chi connectivity index (χ2v) is 10.2. The van der Waals surface area contributed by atoms with Crippen LogP contribution in [0.25, 0.3) is 11.3 Å². The molecule has 0 atom stereocenters. The van der Waals surface area contributed by atoms with Crippen LogP contribution in [-0.4, -0.2) is 85.4 Å².